The highest BCUT2D eigenvalue weighted by Crippen LogP contribution is 2.19. The minimum Gasteiger partial charge on any atom is -0.466 e. The van der Waals surface area contributed by atoms with Crippen molar-refractivity contribution in [1.29, 1.82) is 0 Å². The van der Waals surface area contributed by atoms with Crippen molar-refractivity contribution in [1.82, 2.24) is 5.32 Å². The summed E-state index contributed by atoms with van der Waals surface area (Å²) in [5.74, 6) is -0.0153. The second-order valence-corrected chi connectivity index (χ2v) is 25.3. The highest BCUT2D eigenvalue weighted by atomic mass is 16.5. The van der Waals surface area contributed by atoms with Gasteiger partial charge in [0.15, 0.2) is 0 Å². The van der Waals surface area contributed by atoms with E-state index < -0.39 is 12.1 Å². The average Bonchev–Trinajstić information content (AvgIpc) is 3.45. The molecule has 0 radical (unpaired) electrons. The zero-order valence-electron chi connectivity index (χ0n) is 53.9. The predicted molar refractivity (Wildman–Crippen MR) is 347 cm³/mol. The van der Waals surface area contributed by atoms with E-state index in [1.54, 1.807) is 0 Å². The van der Waals surface area contributed by atoms with Gasteiger partial charge in [-0.3, -0.25) is 9.59 Å². The number of aliphatic hydroxyl groups excluding tert-OH is 2. The number of carbonyl (C=O) groups excluding carboxylic acids is 2. The number of amides is 1. The van der Waals surface area contributed by atoms with Gasteiger partial charge in [-0.1, -0.05) is 366 Å². The van der Waals surface area contributed by atoms with Gasteiger partial charge in [0.1, 0.15) is 0 Å². The maximum Gasteiger partial charge on any atom is 0.305 e. The molecular weight excluding hydrogens is 971 g/mol. The maximum atomic E-state index is 12.6. The van der Waals surface area contributed by atoms with Crippen molar-refractivity contribution in [3.8, 4) is 0 Å². The lowest BCUT2D eigenvalue weighted by Crippen LogP contribution is -2.45. The van der Waals surface area contributed by atoms with Crippen LogP contribution in [0.15, 0.2) is 12.2 Å². The largest absolute Gasteiger partial charge is 0.466 e. The lowest BCUT2D eigenvalue weighted by atomic mass is 10.0. The van der Waals surface area contributed by atoms with Crippen LogP contribution in [-0.4, -0.2) is 47.4 Å². The van der Waals surface area contributed by atoms with Crippen molar-refractivity contribution in [2.75, 3.05) is 13.2 Å². The molecule has 0 aromatic rings. The van der Waals surface area contributed by atoms with Gasteiger partial charge in [-0.05, 0) is 51.4 Å². The number of ether oxygens (including phenoxy) is 1. The molecule has 6 heteroatoms. The first-order valence-corrected chi connectivity index (χ1v) is 36.4. The molecule has 0 fully saturated rings. The number of carbonyl (C=O) groups is 2. The van der Waals surface area contributed by atoms with Gasteiger partial charge in [0, 0.05) is 12.8 Å². The molecule has 0 aromatic heterocycles. The number of nitrogens with one attached hydrogen (secondary N) is 1. The third-order valence-electron chi connectivity index (χ3n) is 17.3. The Morgan fingerprint density at radius 1 is 0.342 bits per heavy atom. The van der Waals surface area contributed by atoms with Crippen LogP contribution in [0.1, 0.15) is 418 Å². The lowest BCUT2D eigenvalue weighted by molar-refractivity contribution is -0.143. The van der Waals surface area contributed by atoms with Gasteiger partial charge in [0.2, 0.25) is 5.91 Å². The van der Waals surface area contributed by atoms with Gasteiger partial charge in [-0.15, -0.1) is 0 Å². The summed E-state index contributed by atoms with van der Waals surface area (Å²) in [7, 11) is 0. The maximum absolute atomic E-state index is 12.6. The SMILES string of the molecule is CCCCCCCC/C=C\CCCCCCCCCC(=O)OCCCCCCCCCCCCCCCCCCCCCCCCCCC(=O)NC(CO)C(O)CCCCCCCCCCCCCCCCCCCCCCC. The molecule has 0 saturated carbocycles. The zero-order chi connectivity index (χ0) is 57.1. The van der Waals surface area contributed by atoms with Crippen molar-refractivity contribution in [2.24, 2.45) is 0 Å². The molecule has 0 rings (SSSR count). The number of unbranched alkanes of at least 4 members (excludes halogenated alkanes) is 56. The molecule has 0 aliphatic rings. The van der Waals surface area contributed by atoms with Crippen molar-refractivity contribution in [2.45, 2.75) is 431 Å². The van der Waals surface area contributed by atoms with Crippen LogP contribution in [0.5, 0.6) is 0 Å². The number of hydrogen-bond acceptors (Lipinski definition) is 5. The highest BCUT2D eigenvalue weighted by Gasteiger charge is 2.20. The van der Waals surface area contributed by atoms with E-state index in [0.717, 1.165) is 44.9 Å². The average molecular weight is 1110 g/mol. The Hall–Kier alpha value is -1.40. The Morgan fingerprint density at radius 2 is 0.595 bits per heavy atom. The molecule has 2 atom stereocenters. The number of aliphatic hydroxyl groups is 2. The first-order chi connectivity index (χ1) is 39.0. The number of esters is 1. The van der Waals surface area contributed by atoms with Crippen LogP contribution in [0.4, 0.5) is 0 Å². The van der Waals surface area contributed by atoms with Gasteiger partial charge >= 0.3 is 5.97 Å². The molecular formula is C73H143NO5. The third-order valence-corrected chi connectivity index (χ3v) is 17.3. The van der Waals surface area contributed by atoms with Crippen molar-refractivity contribution < 1.29 is 24.5 Å². The van der Waals surface area contributed by atoms with Crippen LogP contribution in [0.25, 0.3) is 0 Å². The van der Waals surface area contributed by atoms with Gasteiger partial charge in [0.25, 0.3) is 0 Å². The second kappa shape index (κ2) is 69.1. The molecule has 1 amide bonds. The lowest BCUT2D eigenvalue weighted by Gasteiger charge is -2.22. The third kappa shape index (κ3) is 65.6. The molecule has 0 saturated heterocycles. The minimum atomic E-state index is -0.664. The Kier molecular flexibility index (Phi) is 67.9. The molecule has 0 aliphatic heterocycles. The molecule has 0 spiro atoms. The normalized spacial score (nSPS) is 12.5. The van der Waals surface area contributed by atoms with E-state index in [2.05, 4.69) is 31.3 Å². The number of hydrogen-bond donors (Lipinski definition) is 3. The minimum absolute atomic E-state index is 0.0135. The van der Waals surface area contributed by atoms with Crippen LogP contribution in [-0.2, 0) is 14.3 Å². The summed E-state index contributed by atoms with van der Waals surface area (Å²) in [5, 5.41) is 23.4. The van der Waals surface area contributed by atoms with E-state index in [4.69, 9.17) is 4.74 Å². The van der Waals surface area contributed by atoms with Crippen molar-refractivity contribution in [3.05, 3.63) is 12.2 Å². The van der Waals surface area contributed by atoms with E-state index in [-0.39, 0.29) is 18.5 Å². The van der Waals surface area contributed by atoms with Gasteiger partial charge in [0.05, 0.1) is 25.4 Å². The first kappa shape index (κ1) is 77.6. The molecule has 79 heavy (non-hydrogen) atoms. The first-order valence-electron chi connectivity index (χ1n) is 36.4. The second-order valence-electron chi connectivity index (χ2n) is 25.3. The summed E-state index contributed by atoms with van der Waals surface area (Å²) in [6.07, 6.45) is 85.5. The Labute approximate surface area is 495 Å². The molecule has 6 nitrogen and oxygen atoms in total. The number of allylic oxidation sites excluding steroid dienone is 2. The van der Waals surface area contributed by atoms with Gasteiger partial charge in [-0.25, -0.2) is 0 Å². The molecule has 0 heterocycles. The topological polar surface area (TPSA) is 95.9 Å². The van der Waals surface area contributed by atoms with E-state index in [1.807, 2.05) is 0 Å². The fraction of sp³-hybridized carbons (Fsp3) is 0.945. The molecule has 0 aliphatic carbocycles. The van der Waals surface area contributed by atoms with Crippen molar-refractivity contribution >= 4 is 11.9 Å². The van der Waals surface area contributed by atoms with Crippen LogP contribution < -0.4 is 5.32 Å². The zero-order valence-corrected chi connectivity index (χ0v) is 53.9. The summed E-state index contributed by atoms with van der Waals surface area (Å²) in [6, 6.07) is -0.541. The van der Waals surface area contributed by atoms with E-state index >= 15 is 0 Å². The summed E-state index contributed by atoms with van der Waals surface area (Å²) >= 11 is 0. The molecule has 0 aromatic carbocycles. The highest BCUT2D eigenvalue weighted by molar-refractivity contribution is 5.76. The Balaban J connectivity index is 3.36. The summed E-state index contributed by atoms with van der Waals surface area (Å²) in [5.41, 5.74) is 0. The van der Waals surface area contributed by atoms with Gasteiger partial charge in [-0.2, -0.15) is 0 Å². The van der Waals surface area contributed by atoms with Gasteiger partial charge < -0.3 is 20.3 Å². The van der Waals surface area contributed by atoms with E-state index in [1.165, 1.54) is 340 Å². The fourth-order valence-corrected chi connectivity index (χ4v) is 11.8. The quantitative estimate of drug-likeness (QED) is 0.0320. The molecule has 3 N–H and O–H groups in total. The predicted octanol–water partition coefficient (Wildman–Crippen LogP) is 23.5. The molecule has 0 bridgehead atoms. The monoisotopic (exact) mass is 1110 g/mol. The fourth-order valence-electron chi connectivity index (χ4n) is 11.8. The number of rotatable bonds is 69. The summed E-state index contributed by atoms with van der Waals surface area (Å²) in [4.78, 5) is 24.7. The summed E-state index contributed by atoms with van der Waals surface area (Å²) in [6.45, 7) is 4.99. The Morgan fingerprint density at radius 3 is 0.899 bits per heavy atom. The van der Waals surface area contributed by atoms with Crippen LogP contribution in [0, 0.1) is 0 Å². The Bertz CT molecular complexity index is 1190. The van der Waals surface area contributed by atoms with E-state index in [9.17, 15) is 19.8 Å². The van der Waals surface area contributed by atoms with Crippen LogP contribution >= 0.6 is 0 Å². The molecule has 470 valence electrons. The smallest absolute Gasteiger partial charge is 0.305 e. The van der Waals surface area contributed by atoms with Crippen LogP contribution in [0.3, 0.4) is 0 Å². The summed E-state index contributed by atoms with van der Waals surface area (Å²) < 4.78 is 5.50. The van der Waals surface area contributed by atoms with Crippen LogP contribution in [0.2, 0.25) is 0 Å². The van der Waals surface area contributed by atoms with Crippen molar-refractivity contribution in [3.63, 3.8) is 0 Å². The molecule has 2 unspecified atom stereocenters. The van der Waals surface area contributed by atoms with E-state index in [0.29, 0.717) is 25.9 Å². The standard InChI is InChI=1S/C73H143NO5/c1-3-5-7-9-11-13-15-17-19-21-22-27-30-34-37-41-45-49-53-57-61-65-71(76)70(69-75)74-72(77)66-62-58-54-50-46-42-38-35-31-28-25-23-24-26-29-32-36-40-44-48-52-56-60-64-68-79-73(78)67-63-59-55-51-47-43-39-33-20-18-16-14-12-10-8-6-4-2/h18,20,70-71,75-76H,3-17,19,21-69H2,1-2H3,(H,74,77)/b20-18-.